The molecule has 0 aliphatic heterocycles. The number of benzene rings is 2. The molecule has 0 atom stereocenters. The van der Waals surface area contributed by atoms with Crippen LogP contribution in [0.4, 0.5) is 10.1 Å². The molecule has 0 aromatic heterocycles. The largest absolute Gasteiger partial charge is 0.497 e. The van der Waals surface area contributed by atoms with Crippen LogP contribution >= 0.6 is 0 Å². The lowest BCUT2D eigenvalue weighted by Gasteiger charge is -2.02. The van der Waals surface area contributed by atoms with Gasteiger partial charge >= 0.3 is 0 Å². The van der Waals surface area contributed by atoms with Gasteiger partial charge in [0.25, 0.3) is 0 Å². The van der Waals surface area contributed by atoms with E-state index < -0.39 is 0 Å². The molecule has 1 N–H and O–H groups in total. The van der Waals surface area contributed by atoms with Crippen molar-refractivity contribution in [2.24, 2.45) is 5.10 Å². The van der Waals surface area contributed by atoms with E-state index in [1.54, 1.807) is 25.5 Å². The van der Waals surface area contributed by atoms with Crippen LogP contribution in [0.1, 0.15) is 5.56 Å². The van der Waals surface area contributed by atoms with Crippen molar-refractivity contribution in [3.05, 3.63) is 59.9 Å². The molecule has 0 saturated carbocycles. The van der Waals surface area contributed by atoms with Gasteiger partial charge in [-0.3, -0.25) is 5.43 Å². The fourth-order valence-electron chi connectivity index (χ4n) is 1.40. The molecule has 4 heteroatoms. The lowest BCUT2D eigenvalue weighted by Crippen LogP contribution is -1.91. The first kappa shape index (κ1) is 12.1. The number of hydrogen-bond donors (Lipinski definition) is 1. The van der Waals surface area contributed by atoms with Crippen molar-refractivity contribution in [2.45, 2.75) is 0 Å². The van der Waals surface area contributed by atoms with Crippen LogP contribution in [-0.2, 0) is 0 Å². The lowest BCUT2D eigenvalue weighted by atomic mass is 10.2. The Morgan fingerprint density at radius 1 is 1.06 bits per heavy atom. The second-order valence-electron chi connectivity index (χ2n) is 3.65. The number of rotatable bonds is 4. The summed E-state index contributed by atoms with van der Waals surface area (Å²) >= 11 is 0. The number of methoxy groups -OCH3 is 1. The molecule has 92 valence electrons. The van der Waals surface area contributed by atoms with Gasteiger partial charge in [-0.05, 0) is 42.0 Å². The number of ether oxygens (including phenoxy) is 1. The third-order valence-corrected chi connectivity index (χ3v) is 2.37. The monoisotopic (exact) mass is 244 g/mol. The van der Waals surface area contributed by atoms with Gasteiger partial charge in [-0.15, -0.1) is 0 Å². The Bertz CT molecular complexity index is 520. The van der Waals surface area contributed by atoms with Crippen molar-refractivity contribution in [2.75, 3.05) is 12.5 Å². The van der Waals surface area contributed by atoms with E-state index in [0.717, 1.165) is 17.0 Å². The van der Waals surface area contributed by atoms with Crippen LogP contribution in [-0.4, -0.2) is 13.3 Å². The summed E-state index contributed by atoms with van der Waals surface area (Å²) in [4.78, 5) is 0. The first-order valence-corrected chi connectivity index (χ1v) is 5.46. The van der Waals surface area contributed by atoms with Crippen molar-refractivity contribution in [3.8, 4) is 5.75 Å². The van der Waals surface area contributed by atoms with Crippen LogP contribution in [0, 0.1) is 5.82 Å². The van der Waals surface area contributed by atoms with Crippen molar-refractivity contribution < 1.29 is 9.13 Å². The Kier molecular flexibility index (Phi) is 3.91. The average molecular weight is 244 g/mol. The van der Waals surface area contributed by atoms with E-state index in [9.17, 15) is 4.39 Å². The molecule has 0 heterocycles. The normalized spacial score (nSPS) is 10.6. The fraction of sp³-hybridized carbons (Fsp3) is 0.0714. The maximum atomic E-state index is 12.7. The molecule has 2 aromatic rings. The van der Waals surface area contributed by atoms with Crippen molar-refractivity contribution in [1.82, 2.24) is 0 Å². The van der Waals surface area contributed by atoms with Crippen LogP contribution < -0.4 is 10.2 Å². The molecule has 0 bridgehead atoms. The first-order chi connectivity index (χ1) is 8.78. The molecule has 0 saturated heterocycles. The van der Waals surface area contributed by atoms with Crippen molar-refractivity contribution in [3.63, 3.8) is 0 Å². The Morgan fingerprint density at radius 3 is 2.33 bits per heavy atom. The molecule has 0 radical (unpaired) electrons. The molecule has 0 fully saturated rings. The molecule has 0 aliphatic rings. The van der Waals surface area contributed by atoms with E-state index in [2.05, 4.69) is 10.5 Å². The molecule has 2 rings (SSSR count). The van der Waals surface area contributed by atoms with E-state index in [1.807, 2.05) is 24.3 Å². The Morgan fingerprint density at radius 2 is 1.72 bits per heavy atom. The fourth-order valence-corrected chi connectivity index (χ4v) is 1.40. The Labute approximate surface area is 105 Å². The predicted molar refractivity (Wildman–Crippen MR) is 70.6 cm³/mol. The molecule has 0 spiro atoms. The number of nitrogens with zero attached hydrogens (tertiary/aromatic N) is 1. The third kappa shape index (κ3) is 3.31. The molecule has 0 aliphatic carbocycles. The zero-order chi connectivity index (χ0) is 12.8. The van der Waals surface area contributed by atoms with Crippen molar-refractivity contribution in [1.29, 1.82) is 0 Å². The smallest absolute Gasteiger partial charge is 0.123 e. The average Bonchev–Trinajstić information content (AvgIpc) is 2.42. The van der Waals surface area contributed by atoms with Gasteiger partial charge in [0.05, 0.1) is 19.0 Å². The molecule has 0 unspecified atom stereocenters. The van der Waals surface area contributed by atoms with Crippen LogP contribution in [0.15, 0.2) is 53.6 Å². The Hall–Kier alpha value is -2.36. The van der Waals surface area contributed by atoms with Gasteiger partial charge in [0.2, 0.25) is 0 Å². The summed E-state index contributed by atoms with van der Waals surface area (Å²) in [5.74, 6) is 0.540. The van der Waals surface area contributed by atoms with Gasteiger partial charge in [-0.2, -0.15) is 5.10 Å². The number of nitrogens with one attached hydrogen (secondary N) is 1. The van der Waals surface area contributed by atoms with Gasteiger partial charge < -0.3 is 4.74 Å². The number of anilines is 1. The summed E-state index contributed by atoms with van der Waals surface area (Å²) < 4.78 is 17.7. The quantitative estimate of drug-likeness (QED) is 0.661. The van der Waals surface area contributed by atoms with E-state index in [4.69, 9.17) is 4.74 Å². The summed E-state index contributed by atoms with van der Waals surface area (Å²) in [5, 5.41) is 4.06. The third-order valence-electron chi connectivity index (χ3n) is 2.37. The van der Waals surface area contributed by atoms with Crippen LogP contribution in [0.5, 0.6) is 5.75 Å². The minimum atomic E-state index is -0.254. The maximum Gasteiger partial charge on any atom is 0.123 e. The molecule has 2 aromatic carbocycles. The standard InChI is InChI=1S/C14H13FN2O/c1-18-14-8-6-13(7-9-14)17-16-10-11-2-4-12(15)5-3-11/h2-10,17H,1H3/b16-10+. The zero-order valence-corrected chi connectivity index (χ0v) is 9.93. The highest BCUT2D eigenvalue weighted by molar-refractivity contribution is 5.80. The maximum absolute atomic E-state index is 12.7. The van der Waals surface area contributed by atoms with Crippen LogP contribution in [0.2, 0.25) is 0 Å². The Balaban J connectivity index is 1.95. The second kappa shape index (κ2) is 5.82. The van der Waals surface area contributed by atoms with Gasteiger partial charge in [0.15, 0.2) is 0 Å². The van der Waals surface area contributed by atoms with Crippen molar-refractivity contribution >= 4 is 11.9 Å². The van der Waals surface area contributed by atoms with Crippen LogP contribution in [0.3, 0.4) is 0 Å². The number of halogens is 1. The molecule has 3 nitrogen and oxygen atoms in total. The van der Waals surface area contributed by atoms with E-state index in [0.29, 0.717) is 0 Å². The van der Waals surface area contributed by atoms with E-state index in [1.165, 1.54) is 12.1 Å². The highest BCUT2D eigenvalue weighted by atomic mass is 19.1. The van der Waals surface area contributed by atoms with E-state index >= 15 is 0 Å². The number of hydrogen-bond acceptors (Lipinski definition) is 3. The zero-order valence-electron chi connectivity index (χ0n) is 9.93. The summed E-state index contributed by atoms with van der Waals surface area (Å²) in [6.45, 7) is 0. The topological polar surface area (TPSA) is 33.6 Å². The SMILES string of the molecule is COc1ccc(N/N=C/c2ccc(F)cc2)cc1. The second-order valence-corrected chi connectivity index (χ2v) is 3.65. The predicted octanol–water partition coefficient (Wildman–Crippen LogP) is 3.28. The lowest BCUT2D eigenvalue weighted by molar-refractivity contribution is 0.415. The number of hydrazone groups is 1. The van der Waals surface area contributed by atoms with Crippen LogP contribution in [0.25, 0.3) is 0 Å². The van der Waals surface area contributed by atoms with Gasteiger partial charge in [0, 0.05) is 0 Å². The first-order valence-electron chi connectivity index (χ1n) is 5.46. The molecular formula is C14H13FN2O. The summed E-state index contributed by atoms with van der Waals surface area (Å²) in [7, 11) is 1.62. The highest BCUT2D eigenvalue weighted by Gasteiger charge is 1.92. The van der Waals surface area contributed by atoms with Gasteiger partial charge in [-0.25, -0.2) is 4.39 Å². The summed E-state index contributed by atoms with van der Waals surface area (Å²) in [5.41, 5.74) is 4.57. The minimum absolute atomic E-state index is 0.254. The highest BCUT2D eigenvalue weighted by Crippen LogP contribution is 2.14. The minimum Gasteiger partial charge on any atom is -0.497 e. The van der Waals surface area contributed by atoms with Gasteiger partial charge in [-0.1, -0.05) is 12.1 Å². The molecular weight excluding hydrogens is 231 g/mol. The van der Waals surface area contributed by atoms with E-state index in [-0.39, 0.29) is 5.82 Å². The van der Waals surface area contributed by atoms with Gasteiger partial charge in [0.1, 0.15) is 11.6 Å². The summed E-state index contributed by atoms with van der Waals surface area (Å²) in [6.07, 6.45) is 1.63. The molecule has 18 heavy (non-hydrogen) atoms. The molecule has 0 amide bonds. The summed E-state index contributed by atoms with van der Waals surface area (Å²) in [6, 6.07) is 13.5.